The van der Waals surface area contributed by atoms with Gasteiger partial charge in [0.25, 0.3) is 0 Å². The topological polar surface area (TPSA) is 20.3 Å². The first-order valence-electron chi connectivity index (χ1n) is 5.51. The Balaban J connectivity index is 1.93. The van der Waals surface area contributed by atoms with Crippen LogP contribution < -0.4 is 0 Å². The highest BCUT2D eigenvalue weighted by molar-refractivity contribution is 8.00. The predicted octanol–water partition coefficient (Wildman–Crippen LogP) is 2.14. The second-order valence-corrected chi connectivity index (χ2v) is 6.80. The van der Waals surface area contributed by atoms with Gasteiger partial charge in [-0.25, -0.2) is 0 Å². The van der Waals surface area contributed by atoms with Gasteiger partial charge in [0.1, 0.15) is 0 Å². The van der Waals surface area contributed by atoms with E-state index in [9.17, 15) is 4.79 Å². The van der Waals surface area contributed by atoms with Crippen LogP contribution in [0.5, 0.6) is 0 Å². The fourth-order valence-electron chi connectivity index (χ4n) is 2.12. The molecule has 0 radical (unpaired) electrons. The van der Waals surface area contributed by atoms with Gasteiger partial charge >= 0.3 is 0 Å². The van der Waals surface area contributed by atoms with Crippen molar-refractivity contribution in [1.29, 1.82) is 0 Å². The highest BCUT2D eigenvalue weighted by Gasteiger charge is 2.34. The van der Waals surface area contributed by atoms with Crippen molar-refractivity contribution in [2.24, 2.45) is 5.92 Å². The molecule has 1 amide bonds. The highest BCUT2D eigenvalue weighted by atomic mass is 32.2. The van der Waals surface area contributed by atoms with Crippen molar-refractivity contribution in [3.8, 4) is 0 Å². The molecule has 0 aromatic heterocycles. The van der Waals surface area contributed by atoms with Crippen LogP contribution in [0.1, 0.15) is 33.1 Å². The highest BCUT2D eigenvalue weighted by Crippen LogP contribution is 2.33. The lowest BCUT2D eigenvalue weighted by Crippen LogP contribution is -2.49. The monoisotopic (exact) mass is 213 g/mol. The molecule has 0 N–H and O–H groups in total. The van der Waals surface area contributed by atoms with E-state index in [2.05, 4.69) is 18.7 Å². The molecular weight excluding hydrogens is 194 g/mol. The number of hydrogen-bond donors (Lipinski definition) is 0. The zero-order valence-electron chi connectivity index (χ0n) is 9.08. The molecular formula is C11H19NOS. The summed E-state index contributed by atoms with van der Waals surface area (Å²) in [6.07, 6.45) is 3.51. The molecule has 2 rings (SSSR count). The van der Waals surface area contributed by atoms with Gasteiger partial charge in [-0.3, -0.25) is 4.79 Å². The summed E-state index contributed by atoms with van der Waals surface area (Å²) < 4.78 is 0.262. The minimum atomic E-state index is 0.262. The molecule has 3 heteroatoms. The Kier molecular flexibility index (Phi) is 2.78. The molecule has 0 bridgehead atoms. The first kappa shape index (κ1) is 10.3. The van der Waals surface area contributed by atoms with Crippen LogP contribution in [0.2, 0.25) is 0 Å². The molecule has 1 saturated heterocycles. The largest absolute Gasteiger partial charge is 0.340 e. The summed E-state index contributed by atoms with van der Waals surface area (Å²) in [6, 6.07) is 0. The molecule has 14 heavy (non-hydrogen) atoms. The number of carbonyl (C=O) groups is 1. The van der Waals surface area contributed by atoms with E-state index in [1.54, 1.807) is 0 Å². The van der Waals surface area contributed by atoms with Crippen LogP contribution in [0, 0.1) is 5.92 Å². The summed E-state index contributed by atoms with van der Waals surface area (Å²) in [5.41, 5.74) is 0. The van der Waals surface area contributed by atoms with Crippen molar-refractivity contribution in [3.05, 3.63) is 0 Å². The van der Waals surface area contributed by atoms with Gasteiger partial charge in [-0.1, -0.05) is 6.42 Å². The Hall–Kier alpha value is -0.180. The molecule has 1 saturated carbocycles. The molecule has 2 aliphatic rings. The fourth-order valence-corrected chi connectivity index (χ4v) is 3.23. The Morgan fingerprint density at radius 3 is 2.64 bits per heavy atom. The predicted molar refractivity (Wildman–Crippen MR) is 60.5 cm³/mol. The first-order valence-corrected chi connectivity index (χ1v) is 6.50. The second kappa shape index (κ2) is 3.76. The molecule has 0 aromatic carbocycles. The van der Waals surface area contributed by atoms with E-state index in [0.29, 0.717) is 11.8 Å². The standard InChI is InChI=1S/C11H19NOS/c1-11(2)8-12(6-7-14-11)10(13)9-4-3-5-9/h9H,3-8H2,1-2H3. The van der Waals surface area contributed by atoms with Gasteiger partial charge in [0.15, 0.2) is 0 Å². The molecule has 0 spiro atoms. The Morgan fingerprint density at radius 2 is 2.14 bits per heavy atom. The zero-order valence-corrected chi connectivity index (χ0v) is 9.90. The van der Waals surface area contributed by atoms with Crippen molar-refractivity contribution in [2.75, 3.05) is 18.8 Å². The number of amides is 1. The maximum atomic E-state index is 12.0. The molecule has 0 aromatic rings. The molecule has 2 nitrogen and oxygen atoms in total. The molecule has 1 aliphatic carbocycles. The van der Waals surface area contributed by atoms with E-state index in [0.717, 1.165) is 31.7 Å². The molecule has 0 unspecified atom stereocenters. The number of thioether (sulfide) groups is 1. The SMILES string of the molecule is CC1(C)CN(C(=O)C2CCC2)CCS1. The van der Waals surface area contributed by atoms with E-state index >= 15 is 0 Å². The minimum Gasteiger partial charge on any atom is -0.340 e. The maximum absolute atomic E-state index is 12.0. The van der Waals surface area contributed by atoms with Gasteiger partial charge in [-0.2, -0.15) is 11.8 Å². The van der Waals surface area contributed by atoms with E-state index in [1.807, 2.05) is 11.8 Å². The van der Waals surface area contributed by atoms with Crippen LogP contribution >= 0.6 is 11.8 Å². The van der Waals surface area contributed by atoms with Gasteiger partial charge in [0.2, 0.25) is 5.91 Å². The summed E-state index contributed by atoms with van der Waals surface area (Å²) in [6.45, 7) is 6.37. The molecule has 80 valence electrons. The number of nitrogens with zero attached hydrogens (tertiary/aromatic N) is 1. The van der Waals surface area contributed by atoms with E-state index < -0.39 is 0 Å². The van der Waals surface area contributed by atoms with Gasteiger partial charge in [-0.05, 0) is 26.7 Å². The lowest BCUT2D eigenvalue weighted by Gasteiger charge is -2.40. The van der Waals surface area contributed by atoms with Crippen molar-refractivity contribution >= 4 is 17.7 Å². The molecule has 2 fully saturated rings. The van der Waals surface area contributed by atoms with Crippen molar-refractivity contribution in [1.82, 2.24) is 4.90 Å². The van der Waals surface area contributed by atoms with Crippen LogP contribution in [-0.2, 0) is 4.79 Å². The van der Waals surface area contributed by atoms with Crippen molar-refractivity contribution in [2.45, 2.75) is 37.9 Å². The van der Waals surface area contributed by atoms with Crippen molar-refractivity contribution in [3.63, 3.8) is 0 Å². The van der Waals surface area contributed by atoms with Gasteiger partial charge in [0, 0.05) is 29.5 Å². The van der Waals surface area contributed by atoms with Crippen LogP contribution in [0.4, 0.5) is 0 Å². The summed E-state index contributed by atoms with van der Waals surface area (Å²) in [7, 11) is 0. The van der Waals surface area contributed by atoms with E-state index in [4.69, 9.17) is 0 Å². The molecule has 1 heterocycles. The quantitative estimate of drug-likeness (QED) is 0.665. The number of rotatable bonds is 1. The summed E-state index contributed by atoms with van der Waals surface area (Å²) >= 11 is 1.98. The third kappa shape index (κ3) is 2.08. The third-order valence-corrected chi connectivity index (χ3v) is 4.49. The van der Waals surface area contributed by atoms with Crippen molar-refractivity contribution < 1.29 is 4.79 Å². The van der Waals surface area contributed by atoms with Gasteiger partial charge < -0.3 is 4.90 Å². The lowest BCUT2D eigenvalue weighted by atomic mass is 9.84. The normalized spacial score (nSPS) is 27.1. The summed E-state index contributed by atoms with van der Waals surface area (Å²) in [4.78, 5) is 14.1. The smallest absolute Gasteiger partial charge is 0.225 e. The van der Waals surface area contributed by atoms with Crippen LogP contribution in [0.15, 0.2) is 0 Å². The minimum absolute atomic E-state index is 0.262. The Bertz CT molecular complexity index is 235. The van der Waals surface area contributed by atoms with Gasteiger partial charge in [0.05, 0.1) is 0 Å². The second-order valence-electron chi connectivity index (χ2n) is 5.00. The van der Waals surface area contributed by atoms with Gasteiger partial charge in [-0.15, -0.1) is 0 Å². The number of carbonyl (C=O) groups excluding carboxylic acids is 1. The Morgan fingerprint density at radius 1 is 1.43 bits per heavy atom. The summed E-state index contributed by atoms with van der Waals surface area (Å²) in [5, 5.41) is 0. The van der Waals surface area contributed by atoms with Crippen LogP contribution in [0.25, 0.3) is 0 Å². The van der Waals surface area contributed by atoms with E-state index in [1.165, 1.54) is 6.42 Å². The third-order valence-electron chi connectivity index (χ3n) is 3.19. The average Bonchev–Trinajstić information content (AvgIpc) is 1.99. The average molecular weight is 213 g/mol. The summed E-state index contributed by atoms with van der Waals surface area (Å²) in [5.74, 6) is 1.89. The van der Waals surface area contributed by atoms with E-state index in [-0.39, 0.29) is 4.75 Å². The van der Waals surface area contributed by atoms with Crippen LogP contribution in [-0.4, -0.2) is 34.4 Å². The fraction of sp³-hybridized carbons (Fsp3) is 0.909. The van der Waals surface area contributed by atoms with Crippen LogP contribution in [0.3, 0.4) is 0 Å². The Labute approximate surface area is 90.4 Å². The molecule has 0 atom stereocenters. The number of hydrogen-bond acceptors (Lipinski definition) is 2. The maximum Gasteiger partial charge on any atom is 0.225 e. The zero-order chi connectivity index (χ0) is 10.2. The lowest BCUT2D eigenvalue weighted by molar-refractivity contribution is -0.138. The first-order chi connectivity index (χ1) is 6.58. The molecule has 1 aliphatic heterocycles.